The molecule has 288 valence electrons. The Balaban J connectivity index is 1.37. The lowest BCUT2D eigenvalue weighted by atomic mass is 9.72. The van der Waals surface area contributed by atoms with Gasteiger partial charge in [0.1, 0.15) is 10.8 Å². The van der Waals surface area contributed by atoms with Crippen LogP contribution in [0.2, 0.25) is 5.04 Å². The number of Topliss-reactive ketones (excluding diaryl/α,β-unsaturated/α-hetero) is 1. The van der Waals surface area contributed by atoms with Gasteiger partial charge >= 0.3 is 0 Å². The largest absolute Gasteiger partial charge is 0.401 e. The highest BCUT2D eigenvalue weighted by molar-refractivity contribution is 7.09. The molecule has 2 aliphatic heterocycles. The Kier molecular flexibility index (Phi) is 12.7. The Hall–Kier alpha value is -2.99. The third-order valence-corrected chi connectivity index (χ3v) is 17.7. The third-order valence-electron chi connectivity index (χ3n) is 11.8. The van der Waals surface area contributed by atoms with E-state index in [1.807, 2.05) is 37.4 Å². The number of thiazole rings is 1. The van der Waals surface area contributed by atoms with Gasteiger partial charge in [0.25, 0.3) is 8.32 Å². The number of nitrogens with zero attached hydrogens (tertiary/aromatic N) is 1. The average Bonchev–Trinajstić information content (AvgIpc) is 3.52. The van der Waals surface area contributed by atoms with Gasteiger partial charge in [-0.15, -0.1) is 11.3 Å². The van der Waals surface area contributed by atoms with Crippen LogP contribution in [0.4, 0.5) is 0 Å². The van der Waals surface area contributed by atoms with Gasteiger partial charge in [-0.25, -0.2) is 4.98 Å². The van der Waals surface area contributed by atoms with E-state index >= 15 is 0 Å². The number of aromatic nitrogens is 1. The number of ether oxygens (including phenoxy) is 1. The quantitative estimate of drug-likeness (QED) is 0.179. The number of hydrogen-bond acceptors (Lipinski definition) is 8. The van der Waals surface area contributed by atoms with Crippen LogP contribution in [0, 0.1) is 17.3 Å². The number of hydrogen-bond donors (Lipinski definition) is 3. The normalized spacial score (nSPS) is 29.3. The highest BCUT2D eigenvalue weighted by Gasteiger charge is 2.53. The van der Waals surface area contributed by atoms with Crippen molar-refractivity contribution in [1.82, 2.24) is 10.3 Å². The van der Waals surface area contributed by atoms with Gasteiger partial charge in [-0.3, -0.25) is 9.59 Å². The maximum absolute atomic E-state index is 13.5. The first-order valence-electron chi connectivity index (χ1n) is 19.1. The lowest BCUT2D eigenvalue weighted by Gasteiger charge is -2.42. The Morgan fingerprint density at radius 3 is 2.23 bits per heavy atom. The number of aliphatic hydroxyl groups excluding tert-OH is 2. The van der Waals surface area contributed by atoms with E-state index in [0.29, 0.717) is 13.0 Å². The third kappa shape index (κ3) is 9.11. The summed E-state index contributed by atoms with van der Waals surface area (Å²) in [6.45, 7) is 18.3. The number of rotatable bonds is 7. The maximum Gasteiger partial charge on any atom is 0.261 e. The van der Waals surface area contributed by atoms with E-state index in [2.05, 4.69) is 81.5 Å². The molecule has 3 aromatic rings. The highest BCUT2D eigenvalue weighted by atomic mass is 32.1. The minimum absolute atomic E-state index is 0.0444. The molecule has 2 fully saturated rings. The minimum atomic E-state index is -2.73. The first-order chi connectivity index (χ1) is 24.9. The van der Waals surface area contributed by atoms with Crippen molar-refractivity contribution in [1.29, 1.82) is 0 Å². The lowest BCUT2D eigenvalue weighted by molar-refractivity contribution is -0.143. The van der Waals surface area contributed by atoms with Crippen molar-refractivity contribution in [3.8, 4) is 0 Å². The van der Waals surface area contributed by atoms with Crippen molar-refractivity contribution in [2.24, 2.45) is 17.3 Å². The van der Waals surface area contributed by atoms with E-state index in [4.69, 9.17) is 14.1 Å². The summed E-state index contributed by atoms with van der Waals surface area (Å²) in [5, 5.41) is 30.6. The van der Waals surface area contributed by atoms with Crippen molar-refractivity contribution in [3.05, 3.63) is 82.3 Å². The van der Waals surface area contributed by atoms with Crippen LogP contribution in [0.15, 0.2) is 71.6 Å². The van der Waals surface area contributed by atoms with E-state index in [1.165, 1.54) is 10.4 Å². The molecule has 10 heteroatoms. The fourth-order valence-corrected chi connectivity index (χ4v) is 13.4. The van der Waals surface area contributed by atoms with Crippen LogP contribution in [-0.4, -0.2) is 65.2 Å². The van der Waals surface area contributed by atoms with Gasteiger partial charge in [-0.2, -0.15) is 0 Å². The Morgan fingerprint density at radius 1 is 1.04 bits per heavy atom. The molecule has 0 spiro atoms. The monoisotopic (exact) mass is 760 g/mol. The standard InChI is InChI=1S/C43H60N2O6SSi/c1-28-17-16-22-43(9)36(51-43)24-34(45-37(47)25-35(46)42(7,8)40(49)30(3)39(28)48)29(2)23-31-27-52-38(44-31)26-50-53(41(4,5)6,32-18-12-10-13-19-32)33-20-14-11-15-21-33/h10-15,18-21,23,27-28,30,34-36,39,46,48H,16-17,22,24-26H2,1-9H3,(H,45,47)/t28-,30+,34-,35-,36-,39-,43+/m0/s1. The summed E-state index contributed by atoms with van der Waals surface area (Å²) in [6, 6.07) is 20.8. The molecule has 5 rings (SSSR count). The van der Waals surface area contributed by atoms with Crippen LogP contribution in [0.25, 0.3) is 6.08 Å². The zero-order valence-corrected chi connectivity index (χ0v) is 34.8. The van der Waals surface area contributed by atoms with E-state index in [0.717, 1.165) is 35.5 Å². The number of epoxide rings is 1. The Bertz CT molecular complexity index is 1700. The summed E-state index contributed by atoms with van der Waals surface area (Å²) in [5.74, 6) is -1.34. The average molecular weight is 761 g/mol. The predicted octanol–water partition coefficient (Wildman–Crippen LogP) is 6.82. The molecule has 0 unspecified atom stereocenters. The van der Waals surface area contributed by atoms with Crippen LogP contribution in [-0.2, 0) is 25.4 Å². The molecule has 1 aromatic heterocycles. The molecule has 53 heavy (non-hydrogen) atoms. The number of ketones is 1. The van der Waals surface area contributed by atoms with Crippen molar-refractivity contribution < 1.29 is 29.0 Å². The zero-order valence-electron chi connectivity index (χ0n) is 33.0. The summed E-state index contributed by atoms with van der Waals surface area (Å²) in [5.41, 5.74) is 0.195. The van der Waals surface area contributed by atoms with E-state index in [9.17, 15) is 19.8 Å². The summed E-state index contributed by atoms with van der Waals surface area (Å²) in [7, 11) is -2.73. The molecule has 3 heterocycles. The van der Waals surface area contributed by atoms with Crippen LogP contribution < -0.4 is 15.7 Å². The Labute approximate surface area is 321 Å². The zero-order chi connectivity index (χ0) is 38.8. The first kappa shape index (κ1) is 41.2. The molecule has 2 saturated heterocycles. The second-order valence-corrected chi connectivity index (χ2v) is 22.5. The maximum atomic E-state index is 13.5. The number of benzene rings is 2. The molecule has 7 atom stereocenters. The van der Waals surface area contributed by atoms with Crippen molar-refractivity contribution >= 4 is 47.8 Å². The smallest absolute Gasteiger partial charge is 0.261 e. The number of amides is 1. The number of nitrogens with one attached hydrogen (secondary N) is 1. The number of carbonyl (C=O) groups is 2. The molecule has 2 aromatic carbocycles. The molecule has 1 amide bonds. The number of carbonyl (C=O) groups excluding carboxylic acids is 2. The van der Waals surface area contributed by atoms with Gasteiger partial charge in [-0.1, -0.05) is 116 Å². The molecular formula is C43H60N2O6SSi. The lowest BCUT2D eigenvalue weighted by Crippen LogP contribution is -2.66. The molecule has 0 saturated carbocycles. The topological polar surface area (TPSA) is 121 Å². The van der Waals surface area contributed by atoms with Gasteiger partial charge in [0.2, 0.25) is 5.91 Å². The van der Waals surface area contributed by atoms with Crippen LogP contribution in [0.3, 0.4) is 0 Å². The van der Waals surface area contributed by atoms with Gasteiger partial charge in [0.05, 0.1) is 54.1 Å². The van der Waals surface area contributed by atoms with Crippen LogP contribution >= 0.6 is 11.3 Å². The molecule has 0 bridgehead atoms. The fourth-order valence-electron chi connectivity index (χ4n) is 8.13. The summed E-state index contributed by atoms with van der Waals surface area (Å²) in [4.78, 5) is 32.0. The molecule has 3 N–H and O–H groups in total. The van der Waals surface area contributed by atoms with Gasteiger partial charge in [-0.05, 0) is 59.7 Å². The van der Waals surface area contributed by atoms with E-state index < -0.39 is 31.9 Å². The van der Waals surface area contributed by atoms with E-state index in [-0.39, 0.29) is 46.8 Å². The fraction of sp³-hybridized carbons (Fsp3) is 0.558. The second kappa shape index (κ2) is 16.4. The molecular weight excluding hydrogens is 701 g/mol. The molecule has 0 radical (unpaired) electrons. The molecule has 2 aliphatic rings. The SMILES string of the molecule is CC(=Cc1csc(CO[Si](c2ccccc2)(c2ccccc2)C(C)(C)C)n1)[C@@H]1C[C@@H]2O[C@]2(C)CCC[C@H](C)[C@H](O)[C@@H](C)C(=O)C(C)(C)[C@@H](O)CC(=O)N1. The summed E-state index contributed by atoms with van der Waals surface area (Å²) >= 11 is 1.56. The Morgan fingerprint density at radius 2 is 1.64 bits per heavy atom. The van der Waals surface area contributed by atoms with Gasteiger partial charge in [0, 0.05) is 17.7 Å². The highest BCUT2D eigenvalue weighted by Crippen LogP contribution is 2.45. The first-order valence-corrected chi connectivity index (χ1v) is 21.9. The van der Waals surface area contributed by atoms with Gasteiger partial charge in [0.15, 0.2) is 0 Å². The van der Waals surface area contributed by atoms with Crippen LogP contribution in [0.5, 0.6) is 0 Å². The summed E-state index contributed by atoms with van der Waals surface area (Å²) < 4.78 is 13.4. The van der Waals surface area contributed by atoms with Crippen molar-refractivity contribution in [2.45, 2.75) is 136 Å². The van der Waals surface area contributed by atoms with E-state index in [1.54, 1.807) is 32.1 Å². The van der Waals surface area contributed by atoms with Crippen LogP contribution in [0.1, 0.15) is 105 Å². The van der Waals surface area contributed by atoms with Gasteiger partial charge < -0.3 is 24.7 Å². The van der Waals surface area contributed by atoms with Crippen molar-refractivity contribution in [2.75, 3.05) is 0 Å². The molecule has 8 nitrogen and oxygen atoms in total. The minimum Gasteiger partial charge on any atom is -0.401 e. The predicted molar refractivity (Wildman–Crippen MR) is 216 cm³/mol. The number of fused-ring (bicyclic) bond motifs is 1. The second-order valence-electron chi connectivity index (χ2n) is 17.2. The van der Waals surface area contributed by atoms with Crippen molar-refractivity contribution in [3.63, 3.8) is 0 Å². The number of aliphatic hydroxyl groups is 2. The molecule has 0 aliphatic carbocycles. The summed E-state index contributed by atoms with van der Waals surface area (Å²) in [6.07, 6.45) is 2.71.